The molecule has 0 aliphatic rings. The van der Waals surface area contributed by atoms with Gasteiger partial charge in [-0.15, -0.1) is 0 Å². The third-order valence-corrected chi connectivity index (χ3v) is 9.98. The van der Waals surface area contributed by atoms with Gasteiger partial charge in [0, 0.05) is 13.0 Å². The Labute approximate surface area is 163 Å². The lowest BCUT2D eigenvalue weighted by Gasteiger charge is -2.43. The Morgan fingerprint density at radius 3 is 1.81 bits per heavy atom. The molecule has 0 radical (unpaired) electrons. The smallest absolute Gasteiger partial charge is 0.261 e. The zero-order valence-electron chi connectivity index (χ0n) is 16.0. The Kier molecular flexibility index (Phi) is 7.63. The third-order valence-electron chi connectivity index (χ3n) is 4.75. The molecule has 2 aromatic rings. The molecular weight excluding hydrogens is 360 g/mol. The molecule has 0 fully saturated rings. The second kappa shape index (κ2) is 9.49. The Morgan fingerprint density at radius 1 is 0.885 bits per heavy atom. The van der Waals surface area contributed by atoms with Crippen LogP contribution in [0.15, 0.2) is 60.7 Å². The summed E-state index contributed by atoms with van der Waals surface area (Å²) in [6, 6.07) is 21.3. The monoisotopic (exact) mass is 388 g/mol. The molecular formula is C22H29ClO2Si. The van der Waals surface area contributed by atoms with E-state index in [1.54, 1.807) is 0 Å². The number of carbonyl (C=O) groups excluding carboxylic acids is 1. The summed E-state index contributed by atoms with van der Waals surface area (Å²) in [7, 11) is -2.42. The molecule has 0 heterocycles. The van der Waals surface area contributed by atoms with E-state index < -0.39 is 8.32 Å². The number of halogens is 1. The topological polar surface area (TPSA) is 26.3 Å². The molecule has 0 atom stereocenters. The van der Waals surface area contributed by atoms with Crippen molar-refractivity contribution in [1.29, 1.82) is 0 Å². The fourth-order valence-electron chi connectivity index (χ4n) is 3.53. The lowest BCUT2D eigenvalue weighted by atomic mass is 10.2. The Balaban J connectivity index is 2.28. The number of benzene rings is 2. The van der Waals surface area contributed by atoms with Crippen LogP contribution < -0.4 is 10.4 Å². The van der Waals surface area contributed by atoms with Crippen molar-refractivity contribution >= 4 is 35.5 Å². The number of carbonyl (C=O) groups is 1. The van der Waals surface area contributed by atoms with Gasteiger partial charge in [0.25, 0.3) is 8.32 Å². The van der Waals surface area contributed by atoms with Crippen LogP contribution >= 0.6 is 11.6 Å². The Bertz CT molecular complexity index is 641. The van der Waals surface area contributed by atoms with E-state index in [-0.39, 0.29) is 10.3 Å². The molecule has 2 nitrogen and oxygen atoms in total. The maximum Gasteiger partial charge on any atom is 0.261 e. The van der Waals surface area contributed by atoms with E-state index in [4.69, 9.17) is 16.0 Å². The van der Waals surface area contributed by atoms with Gasteiger partial charge >= 0.3 is 0 Å². The highest BCUT2D eigenvalue weighted by atomic mass is 35.5. The average molecular weight is 389 g/mol. The normalized spacial score (nSPS) is 12.2. The van der Waals surface area contributed by atoms with Gasteiger partial charge in [0.05, 0.1) is 0 Å². The maximum absolute atomic E-state index is 10.9. The second-order valence-corrected chi connectivity index (χ2v) is 12.4. The summed E-state index contributed by atoms with van der Waals surface area (Å²) >= 11 is 5.42. The highest BCUT2D eigenvalue weighted by molar-refractivity contribution is 6.99. The Morgan fingerprint density at radius 2 is 1.38 bits per heavy atom. The van der Waals surface area contributed by atoms with E-state index in [0.29, 0.717) is 13.0 Å². The fraction of sp³-hybridized carbons (Fsp3) is 0.409. The Hall–Kier alpha value is -1.42. The van der Waals surface area contributed by atoms with Gasteiger partial charge in [-0.05, 0) is 39.9 Å². The van der Waals surface area contributed by atoms with Crippen LogP contribution in [0.5, 0.6) is 0 Å². The highest BCUT2D eigenvalue weighted by Crippen LogP contribution is 2.36. The minimum absolute atomic E-state index is 0.00180. The maximum atomic E-state index is 10.9. The first-order chi connectivity index (χ1) is 12.4. The molecule has 140 valence electrons. The molecule has 0 aromatic heterocycles. The van der Waals surface area contributed by atoms with Gasteiger partial charge in [-0.3, -0.25) is 4.79 Å². The standard InChI is InChI=1S/C22H29ClO2Si/c1-22(2,3)26(19-13-7-4-8-14-19,20-15-9-5-10-16-20)25-18-12-6-11-17-21(23)24/h4-5,7-10,13-16H,6,11-12,17-18H2,1-3H3. The van der Waals surface area contributed by atoms with Crippen LogP contribution in [0, 0.1) is 0 Å². The van der Waals surface area contributed by atoms with Gasteiger partial charge in [-0.1, -0.05) is 87.9 Å². The number of hydrogen-bond acceptors (Lipinski definition) is 2. The molecule has 0 spiro atoms. The molecule has 0 amide bonds. The van der Waals surface area contributed by atoms with Crippen LogP contribution in [0.3, 0.4) is 0 Å². The molecule has 0 saturated heterocycles. The predicted octanol–water partition coefficient (Wildman–Crippen LogP) is 4.89. The first kappa shape index (κ1) is 20.9. The minimum atomic E-state index is -2.42. The van der Waals surface area contributed by atoms with Gasteiger partial charge in [0.2, 0.25) is 5.24 Å². The quantitative estimate of drug-likeness (QED) is 0.347. The number of rotatable bonds is 9. The van der Waals surface area contributed by atoms with E-state index in [2.05, 4.69) is 81.4 Å². The summed E-state index contributed by atoms with van der Waals surface area (Å²) in [5, 5.41) is 2.35. The van der Waals surface area contributed by atoms with Crippen molar-refractivity contribution in [3.05, 3.63) is 60.7 Å². The molecule has 0 bridgehead atoms. The molecule has 4 heteroatoms. The molecule has 0 unspecified atom stereocenters. The summed E-state index contributed by atoms with van der Waals surface area (Å²) in [6.07, 6.45) is 3.17. The number of hydrogen-bond donors (Lipinski definition) is 0. The second-order valence-electron chi connectivity index (χ2n) is 7.68. The van der Waals surface area contributed by atoms with Crippen LogP contribution in [-0.4, -0.2) is 20.2 Å². The van der Waals surface area contributed by atoms with Crippen LogP contribution in [0.4, 0.5) is 0 Å². The molecule has 0 aliphatic carbocycles. The molecule has 2 aromatic carbocycles. The van der Waals surface area contributed by atoms with Crippen LogP contribution in [0.1, 0.15) is 46.5 Å². The molecule has 0 N–H and O–H groups in total. The minimum Gasteiger partial charge on any atom is -0.407 e. The summed E-state index contributed by atoms with van der Waals surface area (Å²) in [4.78, 5) is 10.9. The van der Waals surface area contributed by atoms with Crippen LogP contribution in [0.2, 0.25) is 5.04 Å². The first-order valence-corrected chi connectivity index (χ1v) is 11.6. The summed E-state index contributed by atoms with van der Waals surface area (Å²) < 4.78 is 6.79. The molecule has 2 rings (SSSR count). The summed E-state index contributed by atoms with van der Waals surface area (Å²) in [5.74, 6) is 0. The van der Waals surface area contributed by atoms with E-state index in [0.717, 1.165) is 19.3 Å². The van der Waals surface area contributed by atoms with Crippen molar-refractivity contribution in [1.82, 2.24) is 0 Å². The lowest BCUT2D eigenvalue weighted by Crippen LogP contribution is -2.66. The van der Waals surface area contributed by atoms with Crippen LogP contribution in [0.25, 0.3) is 0 Å². The van der Waals surface area contributed by atoms with E-state index in [9.17, 15) is 4.79 Å². The molecule has 26 heavy (non-hydrogen) atoms. The van der Waals surface area contributed by atoms with E-state index >= 15 is 0 Å². The van der Waals surface area contributed by atoms with Crippen molar-refractivity contribution in [3.8, 4) is 0 Å². The first-order valence-electron chi connectivity index (χ1n) is 9.31. The van der Waals surface area contributed by atoms with E-state index in [1.807, 2.05) is 0 Å². The van der Waals surface area contributed by atoms with Crippen molar-refractivity contribution in [3.63, 3.8) is 0 Å². The van der Waals surface area contributed by atoms with Crippen molar-refractivity contribution in [2.24, 2.45) is 0 Å². The predicted molar refractivity (Wildman–Crippen MR) is 113 cm³/mol. The zero-order valence-corrected chi connectivity index (χ0v) is 17.8. The van der Waals surface area contributed by atoms with Crippen LogP contribution in [-0.2, 0) is 9.22 Å². The zero-order chi connectivity index (χ0) is 19.0. The van der Waals surface area contributed by atoms with Crippen molar-refractivity contribution in [2.75, 3.05) is 6.61 Å². The summed E-state index contributed by atoms with van der Waals surface area (Å²) in [5.41, 5.74) is 0. The molecule has 0 saturated carbocycles. The van der Waals surface area contributed by atoms with E-state index in [1.165, 1.54) is 10.4 Å². The van der Waals surface area contributed by atoms with Gasteiger partial charge in [0.1, 0.15) is 0 Å². The van der Waals surface area contributed by atoms with Gasteiger partial charge in [0.15, 0.2) is 0 Å². The van der Waals surface area contributed by atoms with Gasteiger partial charge < -0.3 is 4.43 Å². The number of unbranched alkanes of at least 4 members (excludes halogenated alkanes) is 2. The molecule has 0 aliphatic heterocycles. The fourth-order valence-corrected chi connectivity index (χ4v) is 8.27. The van der Waals surface area contributed by atoms with Crippen molar-refractivity contribution < 1.29 is 9.22 Å². The van der Waals surface area contributed by atoms with Gasteiger partial charge in [-0.25, -0.2) is 0 Å². The largest absolute Gasteiger partial charge is 0.407 e. The third kappa shape index (κ3) is 5.06. The SMILES string of the molecule is CC(C)(C)[Si](OCCCCCC(=O)Cl)(c1ccccc1)c1ccccc1. The van der Waals surface area contributed by atoms with Gasteiger partial charge in [-0.2, -0.15) is 0 Å². The van der Waals surface area contributed by atoms with Crippen molar-refractivity contribution in [2.45, 2.75) is 51.5 Å². The highest BCUT2D eigenvalue weighted by Gasteiger charge is 2.49. The lowest BCUT2D eigenvalue weighted by molar-refractivity contribution is -0.111. The summed E-state index contributed by atoms with van der Waals surface area (Å²) in [6.45, 7) is 7.55. The average Bonchev–Trinajstić information content (AvgIpc) is 2.61.